The highest BCUT2D eigenvalue weighted by atomic mass is 16.3. The molecule has 0 aromatic carbocycles. The minimum atomic E-state index is -0.272. The largest absolute Gasteiger partial charge is 0.389 e. The summed E-state index contributed by atoms with van der Waals surface area (Å²) in [5.41, 5.74) is 3.22. The number of hydrogen-bond donors (Lipinski definition) is 1. The zero-order valence-corrected chi connectivity index (χ0v) is 21.7. The van der Waals surface area contributed by atoms with Crippen LogP contribution in [-0.2, 0) is 0 Å². The summed E-state index contributed by atoms with van der Waals surface area (Å²) in [6.45, 7) is 22.8. The quantitative estimate of drug-likeness (QED) is 0.421. The molecule has 0 aromatic rings. The maximum absolute atomic E-state index is 10.7. The van der Waals surface area contributed by atoms with Gasteiger partial charge in [0.25, 0.3) is 0 Å². The van der Waals surface area contributed by atoms with Gasteiger partial charge in [0.05, 0.1) is 6.10 Å². The smallest absolute Gasteiger partial charge is 0.0753 e. The van der Waals surface area contributed by atoms with E-state index >= 15 is 0 Å². The minimum Gasteiger partial charge on any atom is -0.389 e. The highest BCUT2D eigenvalue weighted by molar-refractivity contribution is 5.26. The first-order chi connectivity index (χ1) is 14.3. The van der Waals surface area contributed by atoms with Crippen molar-refractivity contribution >= 4 is 0 Å². The predicted octanol–water partition coefficient (Wildman–Crippen LogP) is 8.02. The molecule has 10 atom stereocenters. The molecule has 0 aromatic heterocycles. The molecule has 1 heteroatoms. The maximum atomic E-state index is 10.7. The molecule has 0 saturated heterocycles. The van der Waals surface area contributed by atoms with Crippen LogP contribution in [-0.4, -0.2) is 11.2 Å². The maximum Gasteiger partial charge on any atom is 0.0753 e. The molecule has 1 nitrogen and oxygen atoms in total. The van der Waals surface area contributed by atoms with Crippen molar-refractivity contribution in [2.24, 2.45) is 56.7 Å². The number of aliphatic hydroxyl groups excluding tert-OH is 1. The highest BCUT2D eigenvalue weighted by Crippen LogP contribution is 2.79. The Balaban J connectivity index is 1.56. The third-order valence-electron chi connectivity index (χ3n) is 13.4. The number of hydrogen-bond acceptors (Lipinski definition) is 1. The van der Waals surface area contributed by atoms with E-state index in [1.54, 1.807) is 0 Å². The highest BCUT2D eigenvalue weighted by Gasteiger charge is 2.71. The minimum absolute atomic E-state index is 0.143. The molecule has 5 fully saturated rings. The van der Waals surface area contributed by atoms with Crippen LogP contribution >= 0.6 is 0 Å². The molecule has 5 saturated carbocycles. The molecule has 31 heavy (non-hydrogen) atoms. The molecule has 0 unspecified atom stereocenters. The van der Waals surface area contributed by atoms with Crippen LogP contribution in [0.3, 0.4) is 0 Å². The van der Waals surface area contributed by atoms with E-state index in [0.29, 0.717) is 27.6 Å². The van der Waals surface area contributed by atoms with E-state index in [4.69, 9.17) is 0 Å². The lowest BCUT2D eigenvalue weighted by molar-refractivity contribution is -0.241. The second-order valence-corrected chi connectivity index (χ2v) is 14.6. The van der Waals surface area contributed by atoms with Crippen LogP contribution in [0.25, 0.3) is 0 Å². The summed E-state index contributed by atoms with van der Waals surface area (Å²) < 4.78 is 0. The summed E-state index contributed by atoms with van der Waals surface area (Å²) >= 11 is 0. The van der Waals surface area contributed by atoms with Crippen LogP contribution in [0.2, 0.25) is 0 Å². The Morgan fingerprint density at radius 3 is 2.13 bits per heavy atom. The zero-order valence-electron chi connectivity index (χ0n) is 21.7. The van der Waals surface area contributed by atoms with Crippen molar-refractivity contribution in [1.82, 2.24) is 0 Å². The van der Waals surface area contributed by atoms with Crippen LogP contribution in [0.4, 0.5) is 0 Å². The fourth-order valence-electron chi connectivity index (χ4n) is 11.5. The van der Waals surface area contributed by atoms with E-state index in [1.807, 2.05) is 0 Å². The van der Waals surface area contributed by atoms with Crippen LogP contribution in [0, 0.1) is 56.7 Å². The summed E-state index contributed by atoms with van der Waals surface area (Å²) in [6.07, 6.45) is 13.1. The molecule has 0 spiro atoms. The van der Waals surface area contributed by atoms with Gasteiger partial charge in [0, 0.05) is 0 Å². The first-order valence-corrected chi connectivity index (χ1v) is 13.7. The molecule has 1 N–H and O–H groups in total. The fourth-order valence-corrected chi connectivity index (χ4v) is 11.5. The first kappa shape index (κ1) is 22.5. The van der Waals surface area contributed by atoms with E-state index in [2.05, 4.69) is 55.0 Å². The first-order valence-electron chi connectivity index (χ1n) is 13.7. The van der Waals surface area contributed by atoms with E-state index in [-0.39, 0.29) is 11.5 Å². The Morgan fingerprint density at radius 2 is 1.45 bits per heavy atom. The fraction of sp³-hybridized carbons (Fsp3) is 0.933. The van der Waals surface area contributed by atoms with Crippen molar-refractivity contribution in [2.75, 3.05) is 0 Å². The molecule has 0 radical (unpaired) electrons. The summed E-state index contributed by atoms with van der Waals surface area (Å²) in [5, 5.41) is 10.7. The van der Waals surface area contributed by atoms with E-state index < -0.39 is 0 Å². The lowest BCUT2D eigenvalue weighted by Gasteiger charge is -2.73. The van der Waals surface area contributed by atoms with Gasteiger partial charge in [0.1, 0.15) is 0 Å². The Hall–Kier alpha value is -0.300. The normalized spacial score (nSPS) is 59.0. The average molecular weight is 427 g/mol. The molecule has 0 amide bonds. The van der Waals surface area contributed by atoms with Gasteiger partial charge in [-0.1, -0.05) is 55.0 Å². The third-order valence-corrected chi connectivity index (χ3v) is 13.4. The van der Waals surface area contributed by atoms with Gasteiger partial charge in [0.15, 0.2) is 0 Å². The summed E-state index contributed by atoms with van der Waals surface area (Å²) in [7, 11) is 0. The molecule has 5 aliphatic rings. The van der Waals surface area contributed by atoms with Gasteiger partial charge in [-0.3, -0.25) is 0 Å². The monoisotopic (exact) mass is 426 g/mol. The number of aliphatic hydroxyl groups is 1. The summed E-state index contributed by atoms with van der Waals surface area (Å²) in [6, 6.07) is 0. The standard InChI is InChI=1S/C30H50O/c1-19(2)21-11-13-26(4)15-17-29(7)24-12-14-27(5)20(3)22(31)9-10-23(27)28(24,6)16-18-30(29,8)25(21)26/h19,21-25,31H,3,9-18H2,1-2,4-8H3/t21-,22+,23-,24+,25-,26-,27-,28+,29-,30+/m1/s1. The molecule has 0 aliphatic heterocycles. The summed E-state index contributed by atoms with van der Waals surface area (Å²) in [4.78, 5) is 0. The Labute approximate surface area is 192 Å². The van der Waals surface area contributed by atoms with Gasteiger partial charge in [0.2, 0.25) is 0 Å². The topological polar surface area (TPSA) is 20.2 Å². The van der Waals surface area contributed by atoms with E-state index in [9.17, 15) is 5.11 Å². The second kappa shape index (κ2) is 6.64. The van der Waals surface area contributed by atoms with Crippen LogP contribution in [0.5, 0.6) is 0 Å². The van der Waals surface area contributed by atoms with Crippen molar-refractivity contribution in [3.05, 3.63) is 12.2 Å². The molecule has 5 aliphatic carbocycles. The lowest BCUT2D eigenvalue weighted by atomic mass is 9.31. The van der Waals surface area contributed by atoms with Crippen molar-refractivity contribution < 1.29 is 5.11 Å². The second-order valence-electron chi connectivity index (χ2n) is 14.6. The van der Waals surface area contributed by atoms with Gasteiger partial charge in [-0.25, -0.2) is 0 Å². The van der Waals surface area contributed by atoms with Gasteiger partial charge in [-0.15, -0.1) is 0 Å². The lowest BCUT2D eigenvalue weighted by Crippen LogP contribution is -2.66. The molecule has 5 rings (SSSR count). The van der Waals surface area contributed by atoms with E-state index in [1.165, 1.54) is 57.8 Å². The van der Waals surface area contributed by atoms with Crippen LogP contribution in [0.15, 0.2) is 12.2 Å². The SMILES string of the molecule is C=C1[C@@H](O)CC[C@H]2[C@]3(C)CC[C@@]4(C)[C@@H]5[C@@H](C(C)C)CC[C@]5(C)CC[C@]4(C)[C@H]3CC[C@]12C. The Bertz CT molecular complexity index is 768. The van der Waals surface area contributed by atoms with Crippen molar-refractivity contribution in [3.63, 3.8) is 0 Å². The number of rotatable bonds is 1. The van der Waals surface area contributed by atoms with E-state index in [0.717, 1.165) is 35.7 Å². The number of fused-ring (bicyclic) bond motifs is 7. The molecule has 0 bridgehead atoms. The van der Waals surface area contributed by atoms with Crippen molar-refractivity contribution in [2.45, 2.75) is 119 Å². The van der Waals surface area contributed by atoms with Gasteiger partial charge >= 0.3 is 0 Å². The molecule has 176 valence electrons. The molecular weight excluding hydrogens is 376 g/mol. The molecule has 0 heterocycles. The average Bonchev–Trinajstić information content (AvgIpc) is 3.06. The van der Waals surface area contributed by atoms with Crippen LogP contribution in [0.1, 0.15) is 113 Å². The van der Waals surface area contributed by atoms with Crippen molar-refractivity contribution in [3.8, 4) is 0 Å². The van der Waals surface area contributed by atoms with Crippen molar-refractivity contribution in [1.29, 1.82) is 0 Å². The summed E-state index contributed by atoms with van der Waals surface area (Å²) in [5.74, 6) is 4.17. The van der Waals surface area contributed by atoms with Gasteiger partial charge in [-0.05, 0) is 126 Å². The van der Waals surface area contributed by atoms with Gasteiger partial charge < -0.3 is 5.11 Å². The predicted molar refractivity (Wildman–Crippen MR) is 131 cm³/mol. The van der Waals surface area contributed by atoms with Gasteiger partial charge in [-0.2, -0.15) is 0 Å². The molecular formula is C30H50O. The Kier molecular flexibility index (Phi) is 4.82. The Morgan fingerprint density at radius 1 is 0.774 bits per heavy atom. The van der Waals surface area contributed by atoms with Crippen LogP contribution < -0.4 is 0 Å². The zero-order chi connectivity index (χ0) is 22.6. The third kappa shape index (κ3) is 2.60.